The van der Waals surface area contributed by atoms with Crippen LogP contribution in [-0.2, 0) is 14.8 Å². The lowest BCUT2D eigenvalue weighted by Gasteiger charge is -2.19. The summed E-state index contributed by atoms with van der Waals surface area (Å²) in [6.45, 7) is 3.91. The van der Waals surface area contributed by atoms with Gasteiger partial charge in [-0.3, -0.25) is 4.79 Å². The van der Waals surface area contributed by atoms with Gasteiger partial charge in [0, 0.05) is 32.0 Å². The first-order valence-corrected chi connectivity index (χ1v) is 12.5. The molecule has 0 bridgehead atoms. The van der Waals surface area contributed by atoms with Crippen LogP contribution in [0.4, 0.5) is 5.82 Å². The van der Waals surface area contributed by atoms with E-state index in [1.807, 2.05) is 13.8 Å². The van der Waals surface area contributed by atoms with Gasteiger partial charge in [0.2, 0.25) is 15.9 Å². The molecule has 10 heteroatoms. The van der Waals surface area contributed by atoms with Crippen LogP contribution in [0.2, 0.25) is 0 Å². The summed E-state index contributed by atoms with van der Waals surface area (Å²) in [7, 11) is -0.617. The molecule has 1 amide bonds. The number of carbonyl (C=O) groups is 1. The van der Waals surface area contributed by atoms with E-state index in [1.54, 1.807) is 6.07 Å². The van der Waals surface area contributed by atoms with Gasteiger partial charge in [-0.1, -0.05) is 24.6 Å². The summed E-state index contributed by atoms with van der Waals surface area (Å²) < 4.78 is 27.5. The Bertz CT molecular complexity index is 1110. The van der Waals surface area contributed by atoms with E-state index in [9.17, 15) is 18.5 Å². The zero-order chi connectivity index (χ0) is 22.8. The molecule has 1 fully saturated rings. The third-order valence-corrected chi connectivity index (χ3v) is 8.40. The average molecular weight is 462 g/mol. The SMILES string of the molecule is Cc1c(C#N)c(NC(=O)CSc2ccc(S(=O)(=O)N(C)C)cn2)n(C2CCCC2)c1C. The van der Waals surface area contributed by atoms with Crippen LogP contribution in [0.1, 0.15) is 48.5 Å². The minimum Gasteiger partial charge on any atom is -0.327 e. The van der Waals surface area contributed by atoms with Crippen LogP contribution in [0, 0.1) is 25.2 Å². The number of carbonyl (C=O) groups excluding carboxylic acids is 1. The van der Waals surface area contributed by atoms with Gasteiger partial charge in [-0.25, -0.2) is 17.7 Å². The first-order chi connectivity index (χ1) is 14.7. The lowest BCUT2D eigenvalue weighted by Crippen LogP contribution is -2.22. The third-order valence-electron chi connectivity index (χ3n) is 5.66. The quantitative estimate of drug-likeness (QED) is 0.633. The van der Waals surface area contributed by atoms with Gasteiger partial charge in [-0.05, 0) is 44.4 Å². The zero-order valence-corrected chi connectivity index (χ0v) is 19.8. The van der Waals surface area contributed by atoms with Gasteiger partial charge in [0.25, 0.3) is 0 Å². The second kappa shape index (κ2) is 9.42. The molecule has 1 saturated carbocycles. The van der Waals surface area contributed by atoms with Crippen molar-refractivity contribution >= 4 is 33.5 Å². The normalized spacial score (nSPS) is 14.7. The molecule has 0 unspecified atom stereocenters. The summed E-state index contributed by atoms with van der Waals surface area (Å²) >= 11 is 1.21. The Morgan fingerprint density at radius 3 is 2.55 bits per heavy atom. The predicted octanol–water partition coefficient (Wildman–Crippen LogP) is 3.47. The van der Waals surface area contributed by atoms with Crippen molar-refractivity contribution in [2.75, 3.05) is 25.2 Å². The van der Waals surface area contributed by atoms with Crippen LogP contribution in [-0.4, -0.2) is 48.0 Å². The molecule has 31 heavy (non-hydrogen) atoms. The zero-order valence-electron chi connectivity index (χ0n) is 18.2. The Balaban J connectivity index is 1.72. The number of pyridine rings is 1. The number of amides is 1. The van der Waals surface area contributed by atoms with Crippen LogP contribution < -0.4 is 5.32 Å². The monoisotopic (exact) mass is 461 g/mol. The summed E-state index contributed by atoms with van der Waals surface area (Å²) in [5.74, 6) is 0.450. The fraction of sp³-hybridized carbons (Fsp3) is 0.476. The van der Waals surface area contributed by atoms with E-state index < -0.39 is 10.0 Å². The molecule has 8 nitrogen and oxygen atoms in total. The van der Waals surface area contributed by atoms with Crippen molar-refractivity contribution in [2.24, 2.45) is 0 Å². The molecule has 1 N–H and O–H groups in total. The fourth-order valence-electron chi connectivity index (χ4n) is 3.83. The molecule has 1 aliphatic rings. The van der Waals surface area contributed by atoms with Gasteiger partial charge in [0.05, 0.1) is 16.3 Å². The van der Waals surface area contributed by atoms with Crippen LogP contribution >= 0.6 is 11.8 Å². The highest BCUT2D eigenvalue weighted by Gasteiger charge is 2.26. The minimum absolute atomic E-state index is 0.102. The number of thioether (sulfide) groups is 1. The van der Waals surface area contributed by atoms with E-state index >= 15 is 0 Å². The number of sulfonamides is 1. The number of nitrogens with one attached hydrogen (secondary N) is 1. The second-order valence-corrected chi connectivity index (χ2v) is 11.0. The molecule has 2 aromatic heterocycles. The molecular weight excluding hydrogens is 434 g/mol. The van der Waals surface area contributed by atoms with Crippen LogP contribution in [0.15, 0.2) is 28.3 Å². The molecule has 0 atom stereocenters. The summed E-state index contributed by atoms with van der Waals surface area (Å²) in [5, 5.41) is 13.1. The van der Waals surface area contributed by atoms with Gasteiger partial charge >= 0.3 is 0 Å². The van der Waals surface area contributed by atoms with Crippen molar-refractivity contribution in [2.45, 2.75) is 55.5 Å². The van der Waals surface area contributed by atoms with Gasteiger partial charge in [0.15, 0.2) is 0 Å². The Labute approximate surface area is 187 Å². The third kappa shape index (κ3) is 4.79. The lowest BCUT2D eigenvalue weighted by molar-refractivity contribution is -0.113. The summed E-state index contributed by atoms with van der Waals surface area (Å²) in [5.41, 5.74) is 2.43. The maximum Gasteiger partial charge on any atom is 0.244 e. The number of rotatable bonds is 7. The smallest absolute Gasteiger partial charge is 0.244 e. The van der Waals surface area contributed by atoms with E-state index in [1.165, 1.54) is 38.1 Å². The summed E-state index contributed by atoms with van der Waals surface area (Å²) in [4.78, 5) is 16.9. The highest BCUT2D eigenvalue weighted by Crippen LogP contribution is 2.37. The highest BCUT2D eigenvalue weighted by atomic mass is 32.2. The minimum atomic E-state index is -3.54. The van der Waals surface area contributed by atoms with Crippen LogP contribution in [0.3, 0.4) is 0 Å². The van der Waals surface area contributed by atoms with Crippen molar-refractivity contribution in [1.29, 1.82) is 5.26 Å². The topological polar surface area (TPSA) is 108 Å². The maximum atomic E-state index is 12.7. The molecule has 0 saturated heterocycles. The Morgan fingerprint density at radius 2 is 2.00 bits per heavy atom. The molecule has 1 aliphatic carbocycles. The molecule has 0 aromatic carbocycles. The molecular formula is C21H27N5O3S2. The van der Waals surface area contributed by atoms with Crippen LogP contribution in [0.5, 0.6) is 0 Å². The highest BCUT2D eigenvalue weighted by molar-refractivity contribution is 7.99. The number of nitrogens with zero attached hydrogens (tertiary/aromatic N) is 4. The number of anilines is 1. The van der Waals surface area contributed by atoms with Crippen molar-refractivity contribution in [3.05, 3.63) is 35.2 Å². The van der Waals surface area contributed by atoms with Crippen molar-refractivity contribution in [3.63, 3.8) is 0 Å². The molecule has 0 aliphatic heterocycles. The predicted molar refractivity (Wildman–Crippen MR) is 121 cm³/mol. The van der Waals surface area contributed by atoms with Gasteiger partial charge in [-0.15, -0.1) is 0 Å². The van der Waals surface area contributed by atoms with Gasteiger partial charge < -0.3 is 9.88 Å². The average Bonchev–Trinajstić information content (AvgIpc) is 3.34. The summed E-state index contributed by atoms with van der Waals surface area (Å²) in [6.07, 6.45) is 5.68. The molecule has 2 aromatic rings. The summed E-state index contributed by atoms with van der Waals surface area (Å²) in [6, 6.07) is 5.61. The van der Waals surface area contributed by atoms with E-state index in [0.29, 0.717) is 22.4 Å². The molecule has 0 spiro atoms. The van der Waals surface area contributed by atoms with Crippen molar-refractivity contribution in [3.8, 4) is 6.07 Å². The van der Waals surface area contributed by atoms with Crippen molar-refractivity contribution < 1.29 is 13.2 Å². The fourth-order valence-corrected chi connectivity index (χ4v) is 5.32. The molecule has 166 valence electrons. The number of hydrogen-bond acceptors (Lipinski definition) is 6. The Hall–Kier alpha value is -2.35. The first-order valence-electron chi connectivity index (χ1n) is 10.1. The molecule has 3 rings (SSSR count). The van der Waals surface area contributed by atoms with Gasteiger partial charge in [0.1, 0.15) is 16.8 Å². The van der Waals surface area contributed by atoms with E-state index in [2.05, 4.69) is 20.9 Å². The van der Waals surface area contributed by atoms with E-state index in [0.717, 1.165) is 41.2 Å². The number of aromatic nitrogens is 2. The Kier molecular flexibility index (Phi) is 7.09. The number of nitriles is 1. The largest absolute Gasteiger partial charge is 0.327 e. The maximum absolute atomic E-state index is 12.7. The Morgan fingerprint density at radius 1 is 1.32 bits per heavy atom. The standard InChI is InChI=1S/C21H27N5O3S2/c1-14-15(2)26(16-7-5-6-8-16)21(18(14)11-22)24-19(27)13-30-20-10-9-17(12-23-20)31(28,29)25(3)4/h9-10,12,16H,5-8,13H2,1-4H3,(H,24,27). The van der Waals surface area contributed by atoms with E-state index in [4.69, 9.17) is 0 Å². The van der Waals surface area contributed by atoms with Crippen molar-refractivity contribution in [1.82, 2.24) is 13.9 Å². The molecule has 2 heterocycles. The lowest BCUT2D eigenvalue weighted by atomic mass is 10.2. The first kappa shape index (κ1) is 23.3. The second-order valence-electron chi connectivity index (χ2n) is 7.81. The van der Waals surface area contributed by atoms with E-state index in [-0.39, 0.29) is 16.6 Å². The van der Waals surface area contributed by atoms with Gasteiger partial charge in [-0.2, -0.15) is 5.26 Å². The van der Waals surface area contributed by atoms with Crippen LogP contribution in [0.25, 0.3) is 0 Å². The molecule has 0 radical (unpaired) electrons. The number of hydrogen-bond donors (Lipinski definition) is 1.